The van der Waals surface area contributed by atoms with Crippen LogP contribution in [0.5, 0.6) is 11.5 Å². The molecule has 0 amide bonds. The highest BCUT2D eigenvalue weighted by molar-refractivity contribution is 6.32. The fourth-order valence-electron chi connectivity index (χ4n) is 2.47. The Morgan fingerprint density at radius 3 is 2.87 bits per heavy atom. The molecular weight excluding hydrogens is 314 g/mol. The first-order chi connectivity index (χ1) is 11.1. The lowest BCUT2D eigenvalue weighted by Crippen LogP contribution is -2.23. The zero-order valence-electron chi connectivity index (χ0n) is 13.9. The minimum atomic E-state index is 0.504. The van der Waals surface area contributed by atoms with E-state index >= 15 is 0 Å². The molecule has 1 unspecified atom stereocenters. The number of benzene rings is 1. The molecule has 0 aliphatic heterocycles. The van der Waals surface area contributed by atoms with Crippen molar-refractivity contribution in [1.29, 1.82) is 0 Å². The van der Waals surface area contributed by atoms with Gasteiger partial charge in [-0.25, -0.2) is 4.98 Å². The summed E-state index contributed by atoms with van der Waals surface area (Å²) in [4.78, 5) is 4.06. The number of methoxy groups -OCH3 is 1. The van der Waals surface area contributed by atoms with Gasteiger partial charge < -0.3 is 19.4 Å². The molecular formula is C17H24ClN3O2. The van der Waals surface area contributed by atoms with Crippen LogP contribution in [-0.2, 0) is 13.1 Å². The molecule has 1 atom stereocenters. The highest BCUT2D eigenvalue weighted by Crippen LogP contribution is 2.36. The summed E-state index contributed by atoms with van der Waals surface area (Å²) in [7, 11) is 1.60. The van der Waals surface area contributed by atoms with Crippen molar-refractivity contribution in [2.75, 3.05) is 20.3 Å². The minimum Gasteiger partial charge on any atom is -0.491 e. The van der Waals surface area contributed by atoms with Crippen LogP contribution in [0.15, 0.2) is 30.9 Å². The SMILES string of the molecule is CCOc1cc(CNCC(C)Cn2ccnc2)cc(Cl)c1OC. The molecule has 2 aromatic rings. The molecule has 1 heterocycles. The summed E-state index contributed by atoms with van der Waals surface area (Å²) in [6.07, 6.45) is 5.62. The standard InChI is InChI=1S/C17H24ClN3O2/c1-4-23-16-8-14(7-15(18)17(16)22-3)10-20-9-13(2)11-21-6-5-19-12-21/h5-8,12-13,20H,4,9-11H2,1-3H3. The summed E-state index contributed by atoms with van der Waals surface area (Å²) >= 11 is 6.26. The van der Waals surface area contributed by atoms with E-state index in [2.05, 4.69) is 21.8 Å². The van der Waals surface area contributed by atoms with Crippen molar-refractivity contribution in [1.82, 2.24) is 14.9 Å². The van der Waals surface area contributed by atoms with Gasteiger partial charge in [0.15, 0.2) is 11.5 Å². The third kappa shape index (κ3) is 5.15. The summed E-state index contributed by atoms with van der Waals surface area (Å²) in [5, 5.41) is 4.03. The Bertz CT molecular complexity index is 602. The number of nitrogens with one attached hydrogen (secondary N) is 1. The monoisotopic (exact) mass is 337 g/mol. The van der Waals surface area contributed by atoms with E-state index in [1.807, 2.05) is 31.6 Å². The van der Waals surface area contributed by atoms with Gasteiger partial charge in [0.25, 0.3) is 0 Å². The van der Waals surface area contributed by atoms with Crippen LogP contribution < -0.4 is 14.8 Å². The molecule has 0 aliphatic rings. The Morgan fingerprint density at radius 1 is 1.39 bits per heavy atom. The molecule has 5 nitrogen and oxygen atoms in total. The number of aromatic nitrogens is 2. The van der Waals surface area contributed by atoms with Crippen molar-refractivity contribution in [2.24, 2.45) is 5.92 Å². The molecule has 0 spiro atoms. The van der Waals surface area contributed by atoms with Gasteiger partial charge in [-0.05, 0) is 37.1 Å². The second-order valence-electron chi connectivity index (χ2n) is 5.54. The first-order valence-electron chi connectivity index (χ1n) is 7.79. The smallest absolute Gasteiger partial charge is 0.179 e. The van der Waals surface area contributed by atoms with Crippen molar-refractivity contribution in [3.05, 3.63) is 41.4 Å². The average molecular weight is 338 g/mol. The molecule has 0 bridgehead atoms. The molecule has 1 aromatic carbocycles. The van der Waals surface area contributed by atoms with Crippen LogP contribution in [0.3, 0.4) is 0 Å². The fourth-order valence-corrected chi connectivity index (χ4v) is 2.78. The maximum absolute atomic E-state index is 6.26. The maximum Gasteiger partial charge on any atom is 0.179 e. The summed E-state index contributed by atoms with van der Waals surface area (Å²) in [6, 6.07) is 3.89. The third-order valence-electron chi connectivity index (χ3n) is 3.48. The van der Waals surface area contributed by atoms with Gasteiger partial charge in [-0.15, -0.1) is 0 Å². The molecule has 0 radical (unpaired) electrons. The van der Waals surface area contributed by atoms with Gasteiger partial charge in [-0.2, -0.15) is 0 Å². The summed E-state index contributed by atoms with van der Waals surface area (Å²) in [5.41, 5.74) is 1.08. The molecule has 1 N–H and O–H groups in total. The number of nitrogens with zero attached hydrogens (tertiary/aromatic N) is 2. The number of halogens is 1. The maximum atomic E-state index is 6.26. The number of ether oxygens (including phenoxy) is 2. The van der Waals surface area contributed by atoms with E-state index in [4.69, 9.17) is 21.1 Å². The van der Waals surface area contributed by atoms with E-state index in [0.29, 0.717) is 29.0 Å². The van der Waals surface area contributed by atoms with E-state index in [-0.39, 0.29) is 0 Å². The normalized spacial score (nSPS) is 12.2. The average Bonchev–Trinajstić information content (AvgIpc) is 3.00. The number of hydrogen-bond donors (Lipinski definition) is 1. The lowest BCUT2D eigenvalue weighted by molar-refractivity contribution is 0.310. The fraction of sp³-hybridized carbons (Fsp3) is 0.471. The Labute approximate surface area is 142 Å². The van der Waals surface area contributed by atoms with Crippen LogP contribution >= 0.6 is 11.6 Å². The van der Waals surface area contributed by atoms with Gasteiger partial charge in [-0.1, -0.05) is 18.5 Å². The van der Waals surface area contributed by atoms with Gasteiger partial charge in [0, 0.05) is 25.5 Å². The van der Waals surface area contributed by atoms with Crippen LogP contribution in [-0.4, -0.2) is 29.8 Å². The highest BCUT2D eigenvalue weighted by Gasteiger charge is 2.11. The lowest BCUT2D eigenvalue weighted by atomic mass is 10.1. The van der Waals surface area contributed by atoms with Crippen LogP contribution in [0, 0.1) is 5.92 Å². The van der Waals surface area contributed by atoms with Crippen molar-refractivity contribution in [3.63, 3.8) is 0 Å². The first kappa shape index (κ1) is 17.6. The Morgan fingerprint density at radius 2 is 2.22 bits per heavy atom. The first-order valence-corrected chi connectivity index (χ1v) is 8.17. The molecule has 23 heavy (non-hydrogen) atoms. The topological polar surface area (TPSA) is 48.3 Å². The van der Waals surface area contributed by atoms with E-state index in [1.165, 1.54) is 0 Å². The summed E-state index contributed by atoms with van der Waals surface area (Å²) < 4.78 is 13.0. The van der Waals surface area contributed by atoms with Gasteiger partial charge in [0.2, 0.25) is 0 Å². The molecule has 2 rings (SSSR count). The Kier molecular flexibility index (Phi) is 6.74. The van der Waals surface area contributed by atoms with Gasteiger partial charge in [0.1, 0.15) is 0 Å². The quantitative estimate of drug-likeness (QED) is 0.762. The third-order valence-corrected chi connectivity index (χ3v) is 3.76. The van der Waals surface area contributed by atoms with Crippen molar-refractivity contribution in [2.45, 2.75) is 26.9 Å². The Hall–Kier alpha value is -1.72. The van der Waals surface area contributed by atoms with Crippen molar-refractivity contribution >= 4 is 11.6 Å². The predicted octanol–water partition coefficient (Wildman–Crippen LogP) is 3.37. The van der Waals surface area contributed by atoms with Crippen LogP contribution in [0.4, 0.5) is 0 Å². The molecule has 0 fully saturated rings. The zero-order valence-corrected chi connectivity index (χ0v) is 14.6. The Balaban J connectivity index is 1.89. The lowest BCUT2D eigenvalue weighted by Gasteiger charge is -2.15. The number of rotatable bonds is 9. The second-order valence-corrected chi connectivity index (χ2v) is 5.94. The van der Waals surface area contributed by atoms with Crippen molar-refractivity contribution in [3.8, 4) is 11.5 Å². The van der Waals surface area contributed by atoms with E-state index in [1.54, 1.807) is 13.3 Å². The minimum absolute atomic E-state index is 0.504. The number of hydrogen-bond acceptors (Lipinski definition) is 4. The van der Waals surface area contributed by atoms with Gasteiger partial charge >= 0.3 is 0 Å². The molecule has 126 valence electrons. The van der Waals surface area contributed by atoms with Crippen LogP contribution in [0.1, 0.15) is 19.4 Å². The van der Waals surface area contributed by atoms with Gasteiger partial charge in [-0.3, -0.25) is 0 Å². The van der Waals surface area contributed by atoms with Crippen LogP contribution in [0.2, 0.25) is 5.02 Å². The largest absolute Gasteiger partial charge is 0.491 e. The van der Waals surface area contributed by atoms with Crippen LogP contribution in [0.25, 0.3) is 0 Å². The second kappa shape index (κ2) is 8.79. The highest BCUT2D eigenvalue weighted by atomic mass is 35.5. The van der Waals surface area contributed by atoms with E-state index in [9.17, 15) is 0 Å². The molecule has 0 saturated carbocycles. The summed E-state index contributed by atoms with van der Waals surface area (Å²) in [6.45, 7) is 7.31. The zero-order chi connectivity index (χ0) is 16.7. The van der Waals surface area contributed by atoms with E-state index in [0.717, 1.165) is 25.2 Å². The van der Waals surface area contributed by atoms with E-state index < -0.39 is 0 Å². The van der Waals surface area contributed by atoms with Crippen molar-refractivity contribution < 1.29 is 9.47 Å². The summed E-state index contributed by atoms with van der Waals surface area (Å²) in [5.74, 6) is 1.78. The predicted molar refractivity (Wildman–Crippen MR) is 92.3 cm³/mol. The van der Waals surface area contributed by atoms with Gasteiger partial charge in [0.05, 0.1) is 25.1 Å². The molecule has 0 aliphatic carbocycles. The molecule has 6 heteroatoms. The molecule has 1 aromatic heterocycles. The molecule has 0 saturated heterocycles. The number of imidazole rings is 1.